The molecular formula is C24H28N2O2Si. The first kappa shape index (κ1) is 21.0. The summed E-state index contributed by atoms with van der Waals surface area (Å²) in [6.07, 6.45) is 3.20. The van der Waals surface area contributed by atoms with Gasteiger partial charge in [0, 0.05) is 19.3 Å². The van der Waals surface area contributed by atoms with Crippen LogP contribution < -0.4 is 10.4 Å². The van der Waals surface area contributed by atoms with Crippen molar-refractivity contribution >= 4 is 31.4 Å². The van der Waals surface area contributed by atoms with Crippen molar-refractivity contribution in [2.24, 2.45) is 5.41 Å². The number of imidazole rings is 1. The minimum Gasteiger partial charge on any atom is -0.402 e. The van der Waals surface area contributed by atoms with Gasteiger partial charge < -0.3 is 8.99 Å². The Kier molecular flexibility index (Phi) is 6.30. The van der Waals surface area contributed by atoms with Gasteiger partial charge in [-0.25, -0.2) is 4.98 Å². The Labute approximate surface area is 174 Å². The smallest absolute Gasteiger partial charge is 0.240 e. The SMILES string of the molecule is C=Cn1cc(C(O[SiH](c2ccccc2)c2ccccc2)C(C)(C)C)nc1C(C)=O. The van der Waals surface area contributed by atoms with E-state index in [1.807, 2.05) is 42.6 Å². The summed E-state index contributed by atoms with van der Waals surface area (Å²) in [5.41, 5.74) is 0.551. The van der Waals surface area contributed by atoms with Crippen LogP contribution in [0.5, 0.6) is 0 Å². The standard InChI is InChI=1S/C24H28N2O2Si/c1-6-26-17-21(25-23(26)18(2)27)22(24(3,4)5)28-29(19-13-9-7-10-14-19)20-15-11-8-12-16-20/h6-17,22,29H,1H2,2-5H3. The normalized spacial score (nSPS) is 12.7. The fourth-order valence-electron chi connectivity index (χ4n) is 3.40. The number of Topliss-reactive ketones (excluding diaryl/α,β-unsaturated/α-hetero) is 1. The molecule has 0 aliphatic carbocycles. The summed E-state index contributed by atoms with van der Waals surface area (Å²) in [6, 6.07) is 20.8. The Morgan fingerprint density at radius 1 is 1.07 bits per heavy atom. The first-order valence-corrected chi connectivity index (χ1v) is 11.4. The zero-order chi connectivity index (χ0) is 21.0. The maximum absolute atomic E-state index is 12.0. The van der Waals surface area contributed by atoms with E-state index in [4.69, 9.17) is 4.43 Å². The molecule has 0 aliphatic heterocycles. The van der Waals surface area contributed by atoms with Crippen molar-refractivity contribution in [3.05, 3.63) is 85.0 Å². The number of hydrogen-bond acceptors (Lipinski definition) is 3. The van der Waals surface area contributed by atoms with Gasteiger partial charge in [0.15, 0.2) is 11.6 Å². The molecule has 1 aromatic heterocycles. The minimum absolute atomic E-state index is 0.0938. The molecule has 0 amide bonds. The van der Waals surface area contributed by atoms with Gasteiger partial charge in [-0.2, -0.15) is 0 Å². The number of benzene rings is 2. The van der Waals surface area contributed by atoms with Crippen LogP contribution in [0.1, 0.15) is 50.1 Å². The largest absolute Gasteiger partial charge is 0.402 e. The highest BCUT2D eigenvalue weighted by Crippen LogP contribution is 2.36. The molecule has 3 aromatic rings. The van der Waals surface area contributed by atoms with Crippen molar-refractivity contribution in [2.75, 3.05) is 0 Å². The molecule has 29 heavy (non-hydrogen) atoms. The van der Waals surface area contributed by atoms with Gasteiger partial charge in [-0.05, 0) is 15.8 Å². The maximum atomic E-state index is 12.0. The van der Waals surface area contributed by atoms with Crippen molar-refractivity contribution < 1.29 is 9.22 Å². The number of aromatic nitrogens is 2. The van der Waals surface area contributed by atoms with Crippen molar-refractivity contribution in [1.29, 1.82) is 0 Å². The van der Waals surface area contributed by atoms with Crippen LogP contribution in [-0.4, -0.2) is 24.4 Å². The molecule has 3 rings (SSSR count). The number of ketones is 1. The predicted molar refractivity (Wildman–Crippen MR) is 121 cm³/mol. The Hall–Kier alpha value is -2.76. The van der Waals surface area contributed by atoms with Crippen molar-refractivity contribution in [3.63, 3.8) is 0 Å². The zero-order valence-electron chi connectivity index (χ0n) is 17.5. The molecule has 0 aliphatic rings. The molecule has 4 nitrogen and oxygen atoms in total. The van der Waals surface area contributed by atoms with E-state index in [9.17, 15) is 4.79 Å². The Morgan fingerprint density at radius 2 is 1.59 bits per heavy atom. The lowest BCUT2D eigenvalue weighted by Crippen LogP contribution is -2.47. The van der Waals surface area contributed by atoms with E-state index in [-0.39, 0.29) is 17.3 Å². The molecule has 0 saturated heterocycles. The van der Waals surface area contributed by atoms with Gasteiger partial charge in [0.1, 0.15) is 0 Å². The second kappa shape index (κ2) is 8.72. The van der Waals surface area contributed by atoms with E-state index < -0.39 is 9.04 Å². The van der Waals surface area contributed by atoms with Crippen LogP contribution in [0.15, 0.2) is 73.4 Å². The summed E-state index contributed by atoms with van der Waals surface area (Å²) in [4.78, 5) is 16.6. The summed E-state index contributed by atoms with van der Waals surface area (Å²) < 4.78 is 8.57. The highest BCUT2D eigenvalue weighted by atomic mass is 28.3. The van der Waals surface area contributed by atoms with Crippen LogP contribution >= 0.6 is 0 Å². The molecule has 5 heteroatoms. The van der Waals surface area contributed by atoms with Crippen LogP contribution in [-0.2, 0) is 4.43 Å². The van der Waals surface area contributed by atoms with Gasteiger partial charge in [-0.15, -0.1) is 0 Å². The van der Waals surface area contributed by atoms with E-state index in [2.05, 4.69) is 56.6 Å². The highest BCUT2D eigenvalue weighted by Gasteiger charge is 2.34. The summed E-state index contributed by atoms with van der Waals surface area (Å²) in [5.74, 6) is 0.286. The Bertz CT molecular complexity index is 936. The van der Waals surface area contributed by atoms with Crippen LogP contribution in [0.3, 0.4) is 0 Å². The van der Waals surface area contributed by atoms with Gasteiger partial charge in [-0.1, -0.05) is 88.0 Å². The van der Waals surface area contributed by atoms with Crippen LogP contribution in [0, 0.1) is 5.41 Å². The fraction of sp³-hybridized carbons (Fsp3) is 0.250. The third-order valence-corrected chi connectivity index (χ3v) is 7.32. The van der Waals surface area contributed by atoms with Gasteiger partial charge in [0.2, 0.25) is 9.04 Å². The lowest BCUT2D eigenvalue weighted by atomic mass is 9.87. The minimum atomic E-state index is -1.98. The number of hydrogen-bond donors (Lipinski definition) is 0. The number of nitrogens with zero attached hydrogens (tertiary/aromatic N) is 2. The topological polar surface area (TPSA) is 44.1 Å². The van der Waals surface area contributed by atoms with E-state index in [0.717, 1.165) is 5.69 Å². The molecule has 0 spiro atoms. The molecule has 1 atom stereocenters. The monoisotopic (exact) mass is 404 g/mol. The van der Waals surface area contributed by atoms with E-state index >= 15 is 0 Å². The number of rotatable bonds is 7. The lowest BCUT2D eigenvalue weighted by Gasteiger charge is -2.33. The second-order valence-electron chi connectivity index (χ2n) is 8.22. The molecule has 1 unspecified atom stereocenters. The summed E-state index contributed by atoms with van der Waals surface area (Å²) in [6.45, 7) is 11.7. The van der Waals surface area contributed by atoms with Gasteiger partial charge in [0.05, 0.1) is 11.8 Å². The highest BCUT2D eigenvalue weighted by molar-refractivity contribution is 6.80. The fourth-order valence-corrected chi connectivity index (χ4v) is 6.06. The average molecular weight is 405 g/mol. The molecular weight excluding hydrogens is 376 g/mol. The van der Waals surface area contributed by atoms with Gasteiger partial charge in [-0.3, -0.25) is 4.79 Å². The molecule has 1 heterocycles. The summed E-state index contributed by atoms with van der Waals surface area (Å²) in [5, 5.41) is 2.42. The van der Waals surface area contributed by atoms with E-state index in [1.54, 1.807) is 10.8 Å². The number of carbonyl (C=O) groups excluding carboxylic acids is 1. The lowest BCUT2D eigenvalue weighted by molar-refractivity contribution is 0.0857. The van der Waals surface area contributed by atoms with Crippen molar-refractivity contribution in [1.82, 2.24) is 9.55 Å². The molecule has 2 aromatic carbocycles. The van der Waals surface area contributed by atoms with Crippen molar-refractivity contribution in [3.8, 4) is 0 Å². The van der Waals surface area contributed by atoms with Crippen LogP contribution in [0.25, 0.3) is 6.20 Å². The van der Waals surface area contributed by atoms with Crippen molar-refractivity contribution in [2.45, 2.75) is 33.8 Å². The second-order valence-corrected chi connectivity index (χ2v) is 10.6. The molecule has 150 valence electrons. The third kappa shape index (κ3) is 4.81. The zero-order valence-corrected chi connectivity index (χ0v) is 18.7. The molecule has 0 saturated carbocycles. The van der Waals surface area contributed by atoms with Crippen LogP contribution in [0.4, 0.5) is 0 Å². The first-order valence-electron chi connectivity index (χ1n) is 9.79. The molecule has 0 N–H and O–H groups in total. The Morgan fingerprint density at radius 3 is 1.97 bits per heavy atom. The molecule has 0 bridgehead atoms. The molecule has 0 fully saturated rings. The third-order valence-electron chi connectivity index (χ3n) is 4.79. The van der Waals surface area contributed by atoms with Gasteiger partial charge in [0.25, 0.3) is 0 Å². The first-order chi connectivity index (χ1) is 13.8. The van der Waals surface area contributed by atoms with E-state index in [1.165, 1.54) is 17.3 Å². The van der Waals surface area contributed by atoms with Crippen LogP contribution in [0.2, 0.25) is 0 Å². The molecule has 0 radical (unpaired) electrons. The number of carbonyl (C=O) groups is 1. The van der Waals surface area contributed by atoms with E-state index in [0.29, 0.717) is 5.82 Å². The summed E-state index contributed by atoms with van der Waals surface area (Å²) >= 11 is 0. The Balaban J connectivity index is 2.07. The van der Waals surface area contributed by atoms with Gasteiger partial charge >= 0.3 is 0 Å². The maximum Gasteiger partial charge on any atom is 0.240 e. The summed E-state index contributed by atoms with van der Waals surface area (Å²) in [7, 11) is -1.98. The predicted octanol–water partition coefficient (Wildman–Crippen LogP) is 3.83. The average Bonchev–Trinajstić information content (AvgIpc) is 3.13. The quantitative estimate of drug-likeness (QED) is 0.444.